The number of fused-ring (bicyclic) bond motifs is 1. The van der Waals surface area contributed by atoms with Crippen molar-refractivity contribution in [2.75, 3.05) is 18.4 Å². The van der Waals surface area contributed by atoms with Gasteiger partial charge in [0.25, 0.3) is 0 Å². The van der Waals surface area contributed by atoms with Crippen LogP contribution in [0.3, 0.4) is 0 Å². The lowest BCUT2D eigenvalue weighted by Crippen LogP contribution is -2.45. The second kappa shape index (κ2) is 7.47. The molecule has 0 aliphatic carbocycles. The number of hydrogen-bond donors (Lipinski definition) is 1. The van der Waals surface area contributed by atoms with Crippen LogP contribution in [0.4, 0.5) is 5.95 Å². The number of thiazole rings is 1. The molecular formula is C19H21N5OS. The van der Waals surface area contributed by atoms with Crippen LogP contribution in [0.15, 0.2) is 42.7 Å². The van der Waals surface area contributed by atoms with E-state index in [1.807, 2.05) is 13.0 Å². The van der Waals surface area contributed by atoms with Crippen molar-refractivity contribution in [3.63, 3.8) is 0 Å². The van der Waals surface area contributed by atoms with Crippen LogP contribution in [0, 0.1) is 0 Å². The Hall–Kier alpha value is -2.38. The van der Waals surface area contributed by atoms with Gasteiger partial charge in [0.15, 0.2) is 0 Å². The summed E-state index contributed by atoms with van der Waals surface area (Å²) in [4.78, 5) is 27.6. The molecule has 0 radical (unpaired) electrons. The lowest BCUT2D eigenvalue weighted by atomic mass is 9.96. The van der Waals surface area contributed by atoms with Crippen LogP contribution < -0.4 is 5.32 Å². The Morgan fingerprint density at radius 2 is 1.92 bits per heavy atom. The van der Waals surface area contributed by atoms with Gasteiger partial charge < -0.3 is 0 Å². The zero-order valence-corrected chi connectivity index (χ0v) is 15.4. The van der Waals surface area contributed by atoms with E-state index >= 15 is 0 Å². The molecule has 1 aliphatic heterocycles. The van der Waals surface area contributed by atoms with E-state index in [1.54, 1.807) is 29.8 Å². The van der Waals surface area contributed by atoms with Gasteiger partial charge in [-0.3, -0.25) is 15.0 Å². The number of hydrogen-bond acceptors (Lipinski definition) is 6. The maximum absolute atomic E-state index is 12.4. The van der Waals surface area contributed by atoms with Crippen molar-refractivity contribution in [2.45, 2.75) is 31.7 Å². The summed E-state index contributed by atoms with van der Waals surface area (Å²) in [6.45, 7) is 3.73. The van der Waals surface area contributed by atoms with Crippen LogP contribution in [0.5, 0.6) is 0 Å². The number of likely N-dealkylation sites (tertiary alicyclic amines) is 1. The third kappa shape index (κ3) is 3.59. The molecule has 1 saturated heterocycles. The number of nitrogens with zero attached hydrogens (tertiary/aromatic N) is 4. The first-order valence-corrected chi connectivity index (χ1v) is 9.70. The number of rotatable bonds is 4. The van der Waals surface area contributed by atoms with Gasteiger partial charge in [-0.1, -0.05) is 12.1 Å². The molecule has 6 nitrogen and oxygen atoms in total. The molecule has 0 bridgehead atoms. The van der Waals surface area contributed by atoms with Gasteiger partial charge in [0, 0.05) is 18.3 Å². The molecule has 7 heteroatoms. The Kier molecular flexibility index (Phi) is 4.90. The predicted octanol–water partition coefficient (Wildman–Crippen LogP) is 3.29. The van der Waals surface area contributed by atoms with E-state index in [4.69, 9.17) is 4.98 Å². The summed E-state index contributed by atoms with van der Waals surface area (Å²) < 4.78 is 1.25. The lowest BCUT2D eigenvalue weighted by molar-refractivity contribution is -0.121. The molecule has 1 amide bonds. The summed E-state index contributed by atoms with van der Waals surface area (Å²) in [5.41, 5.74) is 1.09. The van der Waals surface area contributed by atoms with E-state index in [-0.39, 0.29) is 11.9 Å². The molecular weight excluding hydrogens is 346 g/mol. The predicted molar refractivity (Wildman–Crippen MR) is 103 cm³/mol. The Labute approximate surface area is 156 Å². The number of nitrogens with one attached hydrogen (secondary N) is 1. The first-order chi connectivity index (χ1) is 12.7. The van der Waals surface area contributed by atoms with Crippen LogP contribution in [0.1, 0.15) is 30.7 Å². The van der Waals surface area contributed by atoms with Gasteiger partial charge in [-0.25, -0.2) is 15.0 Å². The molecule has 4 rings (SSSR count). The van der Waals surface area contributed by atoms with E-state index in [0.717, 1.165) is 31.4 Å². The summed E-state index contributed by atoms with van der Waals surface area (Å²) >= 11 is 1.80. The quantitative estimate of drug-likeness (QED) is 0.766. The average Bonchev–Trinajstić information content (AvgIpc) is 3.12. The van der Waals surface area contributed by atoms with E-state index in [9.17, 15) is 4.79 Å². The first-order valence-electron chi connectivity index (χ1n) is 8.88. The number of carbonyl (C=O) groups excluding carboxylic acids is 1. The van der Waals surface area contributed by atoms with Gasteiger partial charge in [-0.15, -0.1) is 11.3 Å². The fraction of sp³-hybridized carbons (Fsp3) is 0.368. The highest BCUT2D eigenvalue weighted by Crippen LogP contribution is 2.34. The normalized spacial score (nSPS) is 17.3. The van der Waals surface area contributed by atoms with E-state index in [1.165, 1.54) is 9.71 Å². The lowest BCUT2D eigenvalue weighted by Gasteiger charge is -2.34. The van der Waals surface area contributed by atoms with Crippen LogP contribution in [-0.4, -0.2) is 44.9 Å². The molecule has 3 heterocycles. The Bertz CT molecular complexity index is 856. The molecule has 0 unspecified atom stereocenters. The van der Waals surface area contributed by atoms with E-state index in [0.29, 0.717) is 11.9 Å². The van der Waals surface area contributed by atoms with Crippen molar-refractivity contribution in [1.29, 1.82) is 0 Å². The third-order valence-corrected chi connectivity index (χ3v) is 6.12. The largest absolute Gasteiger partial charge is 0.293 e. The summed E-state index contributed by atoms with van der Waals surface area (Å²) in [6.07, 6.45) is 5.30. The molecule has 1 aromatic carbocycles. The number of carbonyl (C=O) groups is 1. The molecule has 1 atom stereocenters. The number of benzene rings is 1. The van der Waals surface area contributed by atoms with E-state index in [2.05, 4.69) is 38.4 Å². The summed E-state index contributed by atoms with van der Waals surface area (Å²) in [7, 11) is 0. The minimum atomic E-state index is -0.199. The molecule has 0 spiro atoms. The average molecular weight is 367 g/mol. The Morgan fingerprint density at radius 1 is 1.19 bits per heavy atom. The zero-order chi connectivity index (χ0) is 17.9. The number of aromatic nitrogens is 3. The van der Waals surface area contributed by atoms with Gasteiger partial charge >= 0.3 is 0 Å². The van der Waals surface area contributed by atoms with Crippen molar-refractivity contribution >= 4 is 33.4 Å². The Morgan fingerprint density at radius 3 is 2.65 bits per heavy atom. The van der Waals surface area contributed by atoms with Gasteiger partial charge in [-0.2, -0.15) is 0 Å². The summed E-state index contributed by atoms with van der Waals surface area (Å²) in [5, 5.41) is 4.01. The third-order valence-electron chi connectivity index (χ3n) is 4.92. The molecule has 26 heavy (non-hydrogen) atoms. The molecule has 134 valence electrons. The molecule has 2 aromatic heterocycles. The monoisotopic (exact) mass is 367 g/mol. The smallest absolute Gasteiger partial charge is 0.243 e. The van der Waals surface area contributed by atoms with Gasteiger partial charge in [0.05, 0.1) is 21.3 Å². The number of anilines is 1. The second-order valence-electron chi connectivity index (χ2n) is 6.57. The summed E-state index contributed by atoms with van der Waals surface area (Å²) in [5.74, 6) is 0.778. The van der Waals surface area contributed by atoms with E-state index < -0.39 is 0 Å². The SMILES string of the molecule is C[C@H](C(=O)Nc1ncccn1)N1CCC(c2nc3ccccc3s2)CC1. The standard InChI is InChI=1S/C19H21N5OS/c1-13(17(25)23-19-20-9-4-10-21-19)24-11-7-14(8-12-24)18-22-15-5-2-3-6-16(15)26-18/h2-6,9-10,13-14H,7-8,11-12H2,1H3,(H,20,21,23,25)/t13-/m1/s1. The molecule has 1 aliphatic rings. The van der Waals surface area contributed by atoms with Crippen molar-refractivity contribution in [2.24, 2.45) is 0 Å². The minimum absolute atomic E-state index is 0.0605. The van der Waals surface area contributed by atoms with Gasteiger partial charge in [0.2, 0.25) is 11.9 Å². The van der Waals surface area contributed by atoms with Gasteiger partial charge in [0.1, 0.15) is 0 Å². The fourth-order valence-corrected chi connectivity index (χ4v) is 4.48. The second-order valence-corrected chi connectivity index (χ2v) is 7.63. The minimum Gasteiger partial charge on any atom is -0.293 e. The molecule has 1 fully saturated rings. The highest BCUT2D eigenvalue weighted by Gasteiger charge is 2.28. The zero-order valence-electron chi connectivity index (χ0n) is 14.6. The maximum Gasteiger partial charge on any atom is 0.243 e. The first kappa shape index (κ1) is 17.1. The number of para-hydroxylation sites is 1. The van der Waals surface area contributed by atoms with Crippen LogP contribution in [0.2, 0.25) is 0 Å². The van der Waals surface area contributed by atoms with Crippen LogP contribution in [0.25, 0.3) is 10.2 Å². The van der Waals surface area contributed by atoms with Crippen molar-refractivity contribution < 1.29 is 4.79 Å². The molecule has 0 saturated carbocycles. The Balaban J connectivity index is 1.36. The highest BCUT2D eigenvalue weighted by atomic mass is 32.1. The molecule has 1 N–H and O–H groups in total. The number of piperidine rings is 1. The van der Waals surface area contributed by atoms with Crippen LogP contribution >= 0.6 is 11.3 Å². The van der Waals surface area contributed by atoms with Crippen LogP contribution in [-0.2, 0) is 4.79 Å². The fourth-order valence-electron chi connectivity index (χ4n) is 3.34. The van der Waals surface area contributed by atoms with Gasteiger partial charge in [-0.05, 0) is 51.1 Å². The highest BCUT2D eigenvalue weighted by molar-refractivity contribution is 7.18. The maximum atomic E-state index is 12.4. The number of amides is 1. The molecule has 3 aromatic rings. The van der Waals surface area contributed by atoms with Crippen molar-refractivity contribution in [1.82, 2.24) is 19.9 Å². The van der Waals surface area contributed by atoms with Crippen molar-refractivity contribution in [3.05, 3.63) is 47.7 Å². The topological polar surface area (TPSA) is 71.0 Å². The summed E-state index contributed by atoms with van der Waals surface area (Å²) in [6, 6.07) is 9.82. The van der Waals surface area contributed by atoms with Crippen molar-refractivity contribution in [3.8, 4) is 0 Å².